The summed E-state index contributed by atoms with van der Waals surface area (Å²) in [5.74, 6) is -0.362. The average Bonchev–Trinajstić information content (AvgIpc) is 4.10. The number of nitrogens with zero attached hydrogens (tertiary/aromatic N) is 4. The molecule has 0 spiro atoms. The van der Waals surface area contributed by atoms with Crippen molar-refractivity contribution in [2.45, 2.75) is 129 Å². The number of aromatic nitrogens is 4. The van der Waals surface area contributed by atoms with Gasteiger partial charge in [0.15, 0.2) is 17.0 Å². The van der Waals surface area contributed by atoms with Crippen LogP contribution in [0.4, 0.5) is 11.8 Å². The standard InChI is InChI=1S/C37H51N8O6P.2C9H13N/c1-3-5-20-50-35(46)30(23-27-13-9-7-10-14-27)43-52(48,44-31(36(47)51-21-6-4-2)24-28-15-11-8-12-16-28)26-49-22-19-45-25-39-32-33(40-29-17-18-29)41-37(38)42-34(32)45;2*1-8(10)7-9-5-3-2-4-6-9/h7-16,25,29-31H,3-6,17-24,26H2,1-2H3,(H2,43,44,48)(H3,38,40,41,42);2*2-6,8H,7,10H2,1H3/t30-,31-;2*8-/m011/s1. The predicted molar refractivity (Wildman–Crippen MR) is 288 cm³/mol. The maximum atomic E-state index is 15.0. The molecule has 9 N–H and O–H groups in total. The van der Waals surface area contributed by atoms with E-state index in [1.807, 2.05) is 125 Å². The lowest BCUT2D eigenvalue weighted by Crippen LogP contribution is -2.46. The molecule has 0 amide bonds. The number of fused-ring (bicyclic) bond motifs is 1. The molecule has 1 saturated carbocycles. The van der Waals surface area contributed by atoms with E-state index in [1.165, 1.54) is 11.1 Å². The van der Waals surface area contributed by atoms with Crippen molar-refractivity contribution in [1.82, 2.24) is 29.7 Å². The molecule has 6 aromatic rings. The van der Waals surface area contributed by atoms with Crippen molar-refractivity contribution in [2.24, 2.45) is 11.5 Å². The van der Waals surface area contributed by atoms with Crippen molar-refractivity contribution < 1.29 is 28.4 Å². The predicted octanol–water partition coefficient (Wildman–Crippen LogP) is 8.39. The number of esters is 2. The van der Waals surface area contributed by atoms with Crippen LogP contribution in [0.3, 0.4) is 0 Å². The van der Waals surface area contributed by atoms with E-state index in [9.17, 15) is 9.59 Å². The van der Waals surface area contributed by atoms with Gasteiger partial charge in [-0.3, -0.25) is 14.2 Å². The Labute approximate surface area is 426 Å². The fourth-order valence-electron chi connectivity index (χ4n) is 7.49. The lowest BCUT2D eigenvalue weighted by Gasteiger charge is -2.29. The fraction of sp³-hybridized carbons (Fsp3) is 0.436. The molecule has 4 atom stereocenters. The summed E-state index contributed by atoms with van der Waals surface area (Å²) >= 11 is 0. The minimum absolute atomic E-state index is 0.114. The first-order valence-corrected chi connectivity index (χ1v) is 27.2. The van der Waals surface area contributed by atoms with Crippen LogP contribution in [0.2, 0.25) is 0 Å². The van der Waals surface area contributed by atoms with Crippen LogP contribution in [-0.2, 0) is 60.6 Å². The van der Waals surface area contributed by atoms with E-state index < -0.39 is 31.5 Å². The highest BCUT2D eigenvalue weighted by Crippen LogP contribution is 2.39. The van der Waals surface area contributed by atoms with E-state index >= 15 is 4.57 Å². The van der Waals surface area contributed by atoms with Crippen molar-refractivity contribution >= 4 is 42.3 Å². The Kier molecular flexibility index (Phi) is 24.3. The number of anilines is 2. The van der Waals surface area contributed by atoms with Crippen molar-refractivity contribution in [3.8, 4) is 0 Å². The maximum absolute atomic E-state index is 15.0. The third-order valence-electron chi connectivity index (χ3n) is 11.3. The number of hydrogen-bond acceptors (Lipinski definition) is 13. The molecule has 0 saturated heterocycles. The molecular weight excluding hydrogens is 928 g/mol. The van der Waals surface area contributed by atoms with Crippen LogP contribution in [0.25, 0.3) is 11.2 Å². The van der Waals surface area contributed by atoms with Crippen molar-refractivity contribution in [3.63, 3.8) is 0 Å². The van der Waals surface area contributed by atoms with E-state index in [4.69, 9.17) is 31.4 Å². The Bertz CT molecular complexity index is 2400. The van der Waals surface area contributed by atoms with Gasteiger partial charge in [0.05, 0.1) is 26.1 Å². The molecule has 17 heteroatoms. The van der Waals surface area contributed by atoms with Crippen molar-refractivity contribution in [3.05, 3.63) is 150 Å². The molecule has 1 fully saturated rings. The summed E-state index contributed by atoms with van der Waals surface area (Å²) < 4.78 is 34.1. The summed E-state index contributed by atoms with van der Waals surface area (Å²) in [5.41, 5.74) is 22.8. The van der Waals surface area contributed by atoms with Gasteiger partial charge in [-0.25, -0.2) is 15.2 Å². The molecule has 4 aromatic carbocycles. The van der Waals surface area contributed by atoms with Gasteiger partial charge in [-0.05, 0) is 87.5 Å². The number of imidazole rings is 1. The van der Waals surface area contributed by atoms with Crippen molar-refractivity contribution in [2.75, 3.05) is 37.2 Å². The number of nitrogens with one attached hydrogen (secondary N) is 3. The molecule has 2 heterocycles. The summed E-state index contributed by atoms with van der Waals surface area (Å²) in [6.45, 7) is 8.96. The smallest absolute Gasteiger partial charge is 0.323 e. The number of nitrogen functional groups attached to an aromatic ring is 1. The second-order valence-corrected chi connectivity index (χ2v) is 20.6. The molecule has 388 valence electrons. The Morgan fingerprint density at radius 2 is 1.10 bits per heavy atom. The minimum Gasteiger partial charge on any atom is -0.465 e. The van der Waals surface area contributed by atoms with Crippen LogP contribution in [0.1, 0.15) is 88.5 Å². The van der Waals surface area contributed by atoms with Crippen LogP contribution in [0.5, 0.6) is 0 Å². The largest absolute Gasteiger partial charge is 0.465 e. The summed E-state index contributed by atoms with van der Waals surface area (Å²) in [6, 6.07) is 38.3. The number of benzene rings is 4. The monoisotopic (exact) mass is 1000 g/mol. The van der Waals surface area contributed by atoms with Crippen LogP contribution < -0.4 is 32.7 Å². The maximum Gasteiger partial charge on any atom is 0.323 e. The van der Waals surface area contributed by atoms with Crippen LogP contribution >= 0.6 is 7.44 Å². The number of hydrogen-bond donors (Lipinski definition) is 6. The number of carbonyl (C=O) groups excluding carboxylic acids is 2. The highest BCUT2D eigenvalue weighted by molar-refractivity contribution is 7.59. The van der Waals surface area contributed by atoms with Gasteiger partial charge in [-0.1, -0.05) is 148 Å². The van der Waals surface area contributed by atoms with Gasteiger partial charge in [0, 0.05) is 24.7 Å². The highest BCUT2D eigenvalue weighted by atomic mass is 31.2. The summed E-state index contributed by atoms with van der Waals surface area (Å²) in [6.07, 6.45) is 8.88. The summed E-state index contributed by atoms with van der Waals surface area (Å²) in [5, 5.41) is 9.51. The molecule has 0 bridgehead atoms. The fourth-order valence-corrected chi connectivity index (χ4v) is 9.50. The molecule has 16 nitrogen and oxygen atoms in total. The van der Waals surface area contributed by atoms with Gasteiger partial charge in [0.25, 0.3) is 0 Å². The zero-order chi connectivity index (χ0) is 51.6. The normalized spacial score (nSPS) is 13.9. The lowest BCUT2D eigenvalue weighted by atomic mass is 10.1. The van der Waals surface area contributed by atoms with Crippen molar-refractivity contribution in [1.29, 1.82) is 0 Å². The van der Waals surface area contributed by atoms with Gasteiger partial charge in [0.2, 0.25) is 13.4 Å². The van der Waals surface area contributed by atoms with E-state index in [-0.39, 0.29) is 57.0 Å². The first-order valence-electron chi connectivity index (χ1n) is 25.3. The van der Waals surface area contributed by atoms with Gasteiger partial charge >= 0.3 is 11.9 Å². The summed E-state index contributed by atoms with van der Waals surface area (Å²) in [4.78, 5) is 40.3. The van der Waals surface area contributed by atoms with E-state index in [2.05, 4.69) is 54.7 Å². The Balaban J connectivity index is 0.000000396. The Morgan fingerprint density at radius 3 is 1.50 bits per heavy atom. The van der Waals surface area contributed by atoms with E-state index in [0.717, 1.165) is 49.7 Å². The zero-order valence-corrected chi connectivity index (χ0v) is 43.4. The SMILES string of the molecule is CCCCOC(=O)[C@H](Cc1ccccc1)NP(=O)(COCCn1cnc2c(NC3CC3)nc(N)nc21)N[C@@H](Cc1ccccc1)C(=O)OCCCC.C[C@@H](N)Cc1ccccc1.C[C@@H](N)Cc1ccccc1. The summed E-state index contributed by atoms with van der Waals surface area (Å²) in [7, 11) is -3.88. The molecular formula is C55H77N10O6P. The van der Waals surface area contributed by atoms with E-state index in [0.29, 0.717) is 42.4 Å². The number of unbranched alkanes of at least 4 members (excludes halogenated alkanes) is 2. The van der Waals surface area contributed by atoms with Gasteiger partial charge in [0.1, 0.15) is 18.4 Å². The number of carbonyl (C=O) groups is 2. The Hall–Kier alpha value is -6.00. The second kappa shape index (κ2) is 30.8. The highest BCUT2D eigenvalue weighted by Gasteiger charge is 2.36. The zero-order valence-electron chi connectivity index (χ0n) is 42.5. The van der Waals surface area contributed by atoms with E-state index in [1.54, 1.807) is 10.9 Å². The quantitative estimate of drug-likeness (QED) is 0.0161. The number of ether oxygens (including phenoxy) is 3. The van der Waals surface area contributed by atoms with Crippen LogP contribution in [-0.4, -0.2) is 87.8 Å². The third-order valence-corrected chi connectivity index (χ3v) is 13.3. The first kappa shape index (κ1) is 56.9. The molecule has 1 aliphatic rings. The minimum atomic E-state index is -3.88. The van der Waals surface area contributed by atoms with Gasteiger partial charge in [-0.15, -0.1) is 0 Å². The molecule has 0 aliphatic heterocycles. The number of rotatable bonds is 27. The molecule has 7 rings (SSSR count). The average molecular weight is 1010 g/mol. The molecule has 72 heavy (non-hydrogen) atoms. The lowest BCUT2D eigenvalue weighted by molar-refractivity contribution is -0.146. The molecule has 0 unspecified atom stereocenters. The Morgan fingerprint density at radius 1 is 0.667 bits per heavy atom. The second-order valence-electron chi connectivity index (χ2n) is 18.4. The number of nitrogens with two attached hydrogens (primary N) is 3. The van der Waals surface area contributed by atoms with Gasteiger partial charge in [-0.2, -0.15) is 9.97 Å². The first-order chi connectivity index (χ1) is 34.8. The molecule has 1 aliphatic carbocycles. The van der Waals surface area contributed by atoms with Crippen LogP contribution in [0.15, 0.2) is 128 Å². The third kappa shape index (κ3) is 21.0. The van der Waals surface area contributed by atoms with Crippen LogP contribution in [0, 0.1) is 0 Å². The molecule has 0 radical (unpaired) electrons. The van der Waals surface area contributed by atoms with Gasteiger partial charge < -0.3 is 41.3 Å². The topological polar surface area (TPSA) is 237 Å². The molecule has 2 aromatic heterocycles.